The largest absolute Gasteiger partial charge is 0.125 e. The van der Waals surface area contributed by atoms with Gasteiger partial charge in [0.05, 0.1) is 0 Å². The summed E-state index contributed by atoms with van der Waals surface area (Å²) in [6.07, 6.45) is 15.1. The van der Waals surface area contributed by atoms with Gasteiger partial charge in [-0.15, -0.1) is 5.73 Å². The Balaban J connectivity index is -0.000000314. The van der Waals surface area contributed by atoms with Crippen LogP contribution in [0.3, 0.4) is 0 Å². The van der Waals surface area contributed by atoms with E-state index in [-0.39, 0.29) is 23.9 Å². The van der Waals surface area contributed by atoms with E-state index >= 15 is 0 Å². The fourth-order valence-corrected chi connectivity index (χ4v) is 1.32. The predicted octanol–water partition coefficient (Wildman–Crippen LogP) is 8.22. The maximum absolute atomic E-state index is 3.06. The Morgan fingerprint density at radius 2 is 1.16 bits per heavy atom. The number of hydrogen-bond acceptors (Lipinski definition) is 0. The molecular formula is C24H40Sn. The minimum Gasteiger partial charge on any atom is -0.125 e. The second-order valence-electron chi connectivity index (χ2n) is 5.80. The Morgan fingerprint density at radius 3 is 1.48 bits per heavy atom. The molecule has 0 fully saturated rings. The van der Waals surface area contributed by atoms with Crippen molar-refractivity contribution in [3.8, 4) is 0 Å². The summed E-state index contributed by atoms with van der Waals surface area (Å²) < 4.78 is 0. The normalized spacial score (nSPS) is 10.6. The molecule has 0 N–H and O–H groups in total. The third-order valence-electron chi connectivity index (χ3n) is 3.47. The summed E-state index contributed by atoms with van der Waals surface area (Å²) in [4.78, 5) is 0. The Labute approximate surface area is 175 Å². The van der Waals surface area contributed by atoms with E-state index in [1.807, 2.05) is 12.1 Å². The maximum Gasteiger partial charge on any atom is 0 e. The zero-order valence-corrected chi connectivity index (χ0v) is 20.4. The molecule has 0 saturated heterocycles. The van der Waals surface area contributed by atoms with Crippen molar-refractivity contribution in [2.45, 2.75) is 86.5 Å². The van der Waals surface area contributed by atoms with E-state index in [0.29, 0.717) is 0 Å². The standard InChI is InChI=1S/C12H10.3C4H10.Sn/c1-3-7-11(8-4-1)12-9-5-2-6-10-12;3*1-3-4-2;/h1,3-9H,10H2;3*3-4H2,1-2H3;. The van der Waals surface area contributed by atoms with E-state index < -0.39 is 0 Å². The van der Waals surface area contributed by atoms with Crippen LogP contribution < -0.4 is 0 Å². The Morgan fingerprint density at radius 1 is 0.720 bits per heavy atom. The number of benzene rings is 1. The van der Waals surface area contributed by atoms with Crippen LogP contribution in [0.1, 0.15) is 92.1 Å². The van der Waals surface area contributed by atoms with Gasteiger partial charge in [0, 0.05) is 23.9 Å². The van der Waals surface area contributed by atoms with Crippen molar-refractivity contribution in [2.75, 3.05) is 0 Å². The van der Waals surface area contributed by atoms with Crippen LogP contribution in [0, 0.1) is 0 Å². The second kappa shape index (κ2) is 25.5. The second-order valence-corrected chi connectivity index (χ2v) is 5.80. The van der Waals surface area contributed by atoms with Gasteiger partial charge in [0.2, 0.25) is 0 Å². The topological polar surface area (TPSA) is 0 Å². The van der Waals surface area contributed by atoms with Crippen LogP contribution in [0.4, 0.5) is 0 Å². The van der Waals surface area contributed by atoms with Crippen molar-refractivity contribution >= 4 is 29.5 Å². The molecule has 0 amide bonds. The van der Waals surface area contributed by atoms with Gasteiger partial charge in [0.25, 0.3) is 0 Å². The van der Waals surface area contributed by atoms with Gasteiger partial charge in [0.15, 0.2) is 0 Å². The van der Waals surface area contributed by atoms with Gasteiger partial charge in [-0.2, -0.15) is 0 Å². The van der Waals surface area contributed by atoms with Gasteiger partial charge in [-0.1, -0.05) is 116 Å². The molecule has 4 radical (unpaired) electrons. The Bertz CT molecular complexity index is 421. The third-order valence-corrected chi connectivity index (χ3v) is 3.47. The first kappa shape index (κ1) is 29.1. The zero-order chi connectivity index (χ0) is 18.5. The van der Waals surface area contributed by atoms with Crippen LogP contribution in [0.15, 0.2) is 54.3 Å². The molecule has 1 aromatic rings. The van der Waals surface area contributed by atoms with Crippen molar-refractivity contribution in [1.82, 2.24) is 0 Å². The van der Waals surface area contributed by atoms with E-state index in [4.69, 9.17) is 0 Å². The molecule has 25 heavy (non-hydrogen) atoms. The van der Waals surface area contributed by atoms with E-state index in [0.717, 1.165) is 6.42 Å². The number of unbranched alkanes of at least 4 members (excludes halogenated alkanes) is 3. The van der Waals surface area contributed by atoms with Crippen LogP contribution in [0.5, 0.6) is 0 Å². The molecule has 0 aliphatic heterocycles. The molecule has 140 valence electrons. The smallest absolute Gasteiger partial charge is 0 e. The van der Waals surface area contributed by atoms with E-state index in [1.165, 1.54) is 49.7 Å². The molecule has 0 heterocycles. The Hall–Kier alpha value is -0.721. The van der Waals surface area contributed by atoms with Gasteiger partial charge >= 0.3 is 0 Å². The summed E-state index contributed by atoms with van der Waals surface area (Å²) in [5.41, 5.74) is 5.74. The van der Waals surface area contributed by atoms with Crippen molar-refractivity contribution in [3.05, 3.63) is 59.9 Å². The number of rotatable bonds is 4. The van der Waals surface area contributed by atoms with Crippen molar-refractivity contribution in [3.63, 3.8) is 0 Å². The van der Waals surface area contributed by atoms with Gasteiger partial charge < -0.3 is 0 Å². The molecule has 0 aromatic heterocycles. The molecule has 0 saturated carbocycles. The first-order valence-electron chi connectivity index (χ1n) is 9.86. The summed E-state index contributed by atoms with van der Waals surface area (Å²) in [6, 6.07) is 10.5. The van der Waals surface area contributed by atoms with Gasteiger partial charge in [-0.05, 0) is 29.7 Å². The van der Waals surface area contributed by atoms with Gasteiger partial charge in [-0.3, -0.25) is 0 Å². The summed E-state index contributed by atoms with van der Waals surface area (Å²) in [7, 11) is 0. The van der Waals surface area contributed by atoms with Crippen molar-refractivity contribution in [1.29, 1.82) is 0 Å². The summed E-state index contributed by atoms with van der Waals surface area (Å²) in [5, 5.41) is 0. The quantitative estimate of drug-likeness (QED) is 0.322. The van der Waals surface area contributed by atoms with Crippen LogP contribution in [-0.4, -0.2) is 23.9 Å². The average Bonchev–Trinajstić information content (AvgIpc) is 2.70. The Kier molecular flexibility index (Phi) is 29.7. The summed E-state index contributed by atoms with van der Waals surface area (Å²) in [6.45, 7) is 13.1. The van der Waals surface area contributed by atoms with Crippen LogP contribution >= 0.6 is 0 Å². The first-order chi connectivity index (χ1) is 11.7. The average molecular weight is 447 g/mol. The molecular weight excluding hydrogens is 407 g/mol. The minimum absolute atomic E-state index is 0. The fraction of sp³-hybridized carbons (Fsp3) is 0.542. The zero-order valence-electron chi connectivity index (χ0n) is 17.6. The molecule has 1 heteroatoms. The molecule has 0 nitrogen and oxygen atoms in total. The fourth-order valence-electron chi connectivity index (χ4n) is 1.32. The summed E-state index contributed by atoms with van der Waals surface area (Å²) >= 11 is 0. The van der Waals surface area contributed by atoms with Crippen molar-refractivity contribution < 1.29 is 0 Å². The molecule has 0 unspecified atom stereocenters. The van der Waals surface area contributed by atoms with E-state index in [1.54, 1.807) is 0 Å². The van der Waals surface area contributed by atoms with Crippen LogP contribution in [0.2, 0.25) is 0 Å². The van der Waals surface area contributed by atoms with Crippen molar-refractivity contribution in [2.24, 2.45) is 0 Å². The van der Waals surface area contributed by atoms with E-state index in [2.05, 4.69) is 83.7 Å². The third kappa shape index (κ3) is 21.2. The molecule has 1 aliphatic rings. The SMILES string of the molecule is C1=CC=C(c2ccccc2)CC=1.CCCC.CCCC.CCCC.[Sn]. The molecule has 1 aromatic carbocycles. The molecule has 0 bridgehead atoms. The van der Waals surface area contributed by atoms with Gasteiger partial charge in [0.1, 0.15) is 0 Å². The maximum atomic E-state index is 3.06. The molecule has 2 rings (SSSR count). The monoisotopic (exact) mass is 448 g/mol. The van der Waals surface area contributed by atoms with Crippen LogP contribution in [0.25, 0.3) is 5.57 Å². The van der Waals surface area contributed by atoms with Gasteiger partial charge in [-0.25, -0.2) is 0 Å². The molecule has 0 spiro atoms. The minimum atomic E-state index is 0. The van der Waals surface area contributed by atoms with E-state index in [9.17, 15) is 0 Å². The molecule has 1 aliphatic carbocycles. The predicted molar refractivity (Wildman–Crippen MR) is 119 cm³/mol. The van der Waals surface area contributed by atoms with Crippen LogP contribution in [-0.2, 0) is 0 Å². The molecule has 0 atom stereocenters. The first-order valence-corrected chi connectivity index (χ1v) is 9.86. The summed E-state index contributed by atoms with van der Waals surface area (Å²) in [5.74, 6) is 0. The number of allylic oxidation sites excluding steroid dienone is 3. The number of hydrogen-bond donors (Lipinski definition) is 0.